The third-order valence-electron chi connectivity index (χ3n) is 6.15. The van der Waals surface area contributed by atoms with Gasteiger partial charge < -0.3 is 11.1 Å². The highest BCUT2D eigenvalue weighted by Gasteiger charge is 2.40. The number of nitrogens with two attached hydrogens (primary N) is 1. The molecule has 2 bridgehead atoms. The Balaban J connectivity index is 0.00000156. The Hall–Kier alpha value is -1.07. The van der Waals surface area contributed by atoms with Crippen molar-refractivity contribution in [2.45, 2.75) is 63.5 Å². The smallest absolute Gasteiger partial charge is 0.223 e. The summed E-state index contributed by atoms with van der Waals surface area (Å²) < 4.78 is 0. The van der Waals surface area contributed by atoms with Crippen LogP contribution >= 0.6 is 12.4 Å². The molecule has 128 valence electrons. The van der Waals surface area contributed by atoms with E-state index in [1.807, 2.05) is 6.20 Å². The van der Waals surface area contributed by atoms with Gasteiger partial charge in [-0.2, -0.15) is 5.10 Å². The van der Waals surface area contributed by atoms with Crippen molar-refractivity contribution in [3.05, 3.63) is 17.5 Å². The molecule has 0 radical (unpaired) electrons. The quantitative estimate of drug-likeness (QED) is 0.770. The van der Waals surface area contributed by atoms with Crippen LogP contribution in [0.5, 0.6) is 0 Å². The minimum atomic E-state index is 0. The highest BCUT2D eigenvalue weighted by Crippen LogP contribution is 2.42. The topological polar surface area (TPSA) is 83.8 Å². The molecule has 1 aromatic rings. The van der Waals surface area contributed by atoms with E-state index in [1.54, 1.807) is 0 Å². The SMILES string of the molecule is Cl.NC1C2CCCC1CC(C(=O)NC1CCc3[nH]ncc3C1)C2. The molecule has 3 atom stereocenters. The Morgan fingerprint density at radius 1 is 1.26 bits per heavy atom. The van der Waals surface area contributed by atoms with Crippen molar-refractivity contribution in [2.75, 3.05) is 0 Å². The van der Waals surface area contributed by atoms with Crippen LogP contribution in [0.4, 0.5) is 0 Å². The summed E-state index contributed by atoms with van der Waals surface area (Å²) in [7, 11) is 0. The van der Waals surface area contributed by atoms with Gasteiger partial charge >= 0.3 is 0 Å². The summed E-state index contributed by atoms with van der Waals surface area (Å²) in [6, 6.07) is 0.606. The van der Waals surface area contributed by atoms with E-state index in [-0.39, 0.29) is 30.3 Å². The fourth-order valence-corrected chi connectivity index (χ4v) is 4.86. The number of H-pyrrole nitrogens is 1. The molecule has 5 nitrogen and oxygen atoms in total. The van der Waals surface area contributed by atoms with Crippen LogP contribution in [0.15, 0.2) is 6.20 Å². The maximum absolute atomic E-state index is 12.7. The van der Waals surface area contributed by atoms with Crippen molar-refractivity contribution in [3.8, 4) is 0 Å². The van der Waals surface area contributed by atoms with Crippen LogP contribution in [0, 0.1) is 17.8 Å². The van der Waals surface area contributed by atoms with E-state index >= 15 is 0 Å². The molecule has 3 unspecified atom stereocenters. The first-order valence-corrected chi connectivity index (χ1v) is 8.78. The number of aromatic nitrogens is 2. The van der Waals surface area contributed by atoms with E-state index in [0.717, 1.165) is 32.1 Å². The van der Waals surface area contributed by atoms with Gasteiger partial charge in [-0.3, -0.25) is 9.89 Å². The second-order valence-corrected chi connectivity index (χ2v) is 7.52. The van der Waals surface area contributed by atoms with Crippen LogP contribution in [-0.4, -0.2) is 28.2 Å². The van der Waals surface area contributed by atoms with E-state index in [1.165, 1.54) is 30.5 Å². The lowest BCUT2D eigenvalue weighted by molar-refractivity contribution is -0.128. The van der Waals surface area contributed by atoms with Crippen molar-refractivity contribution < 1.29 is 4.79 Å². The first kappa shape index (κ1) is 16.8. The monoisotopic (exact) mass is 338 g/mol. The van der Waals surface area contributed by atoms with E-state index < -0.39 is 0 Å². The van der Waals surface area contributed by atoms with Crippen molar-refractivity contribution in [2.24, 2.45) is 23.5 Å². The number of aryl methyl sites for hydroxylation is 1. The summed E-state index contributed by atoms with van der Waals surface area (Å²) in [5.41, 5.74) is 8.83. The van der Waals surface area contributed by atoms with Crippen molar-refractivity contribution in [3.63, 3.8) is 0 Å². The molecule has 1 aromatic heterocycles. The molecule has 0 aliphatic heterocycles. The summed E-state index contributed by atoms with van der Waals surface area (Å²) in [6.45, 7) is 0. The molecular weight excluding hydrogens is 312 g/mol. The van der Waals surface area contributed by atoms with Gasteiger partial charge in [-0.15, -0.1) is 12.4 Å². The molecule has 6 heteroatoms. The lowest BCUT2D eigenvalue weighted by Crippen LogP contribution is -2.50. The van der Waals surface area contributed by atoms with E-state index in [0.29, 0.717) is 17.9 Å². The van der Waals surface area contributed by atoms with Crippen molar-refractivity contribution in [1.82, 2.24) is 15.5 Å². The van der Waals surface area contributed by atoms with Gasteiger partial charge in [-0.1, -0.05) is 6.42 Å². The number of carbonyl (C=O) groups excluding carboxylic acids is 1. The molecule has 2 saturated carbocycles. The average Bonchev–Trinajstić information content (AvgIpc) is 2.94. The zero-order valence-corrected chi connectivity index (χ0v) is 14.3. The van der Waals surface area contributed by atoms with Crippen molar-refractivity contribution in [1.29, 1.82) is 0 Å². The molecule has 1 amide bonds. The number of carbonyl (C=O) groups is 1. The minimum Gasteiger partial charge on any atom is -0.353 e. The molecule has 3 aliphatic carbocycles. The molecule has 2 fully saturated rings. The largest absolute Gasteiger partial charge is 0.353 e. The summed E-state index contributed by atoms with van der Waals surface area (Å²) in [5, 5.41) is 10.5. The van der Waals surface area contributed by atoms with Gasteiger partial charge in [0.05, 0.1) is 6.20 Å². The lowest BCUT2D eigenvalue weighted by Gasteiger charge is -2.43. The maximum Gasteiger partial charge on any atom is 0.223 e. The van der Waals surface area contributed by atoms with Gasteiger partial charge in [0.1, 0.15) is 0 Å². The molecule has 4 rings (SSSR count). The number of hydrogen-bond donors (Lipinski definition) is 3. The van der Waals surface area contributed by atoms with E-state index in [4.69, 9.17) is 5.73 Å². The Kier molecular flexibility index (Phi) is 4.97. The molecular formula is C17H27ClN4O. The molecule has 23 heavy (non-hydrogen) atoms. The molecule has 0 aromatic carbocycles. The number of amides is 1. The van der Waals surface area contributed by atoms with E-state index in [9.17, 15) is 4.79 Å². The fourth-order valence-electron chi connectivity index (χ4n) is 4.86. The number of hydrogen-bond acceptors (Lipinski definition) is 3. The molecule has 3 aliphatic rings. The number of aromatic amines is 1. The predicted octanol–water partition coefficient (Wildman–Crippen LogP) is 1.96. The van der Waals surface area contributed by atoms with Crippen LogP contribution in [-0.2, 0) is 17.6 Å². The van der Waals surface area contributed by atoms with Gasteiger partial charge in [-0.25, -0.2) is 0 Å². The second kappa shape index (κ2) is 6.81. The number of rotatable bonds is 2. The first-order valence-electron chi connectivity index (χ1n) is 8.78. The van der Waals surface area contributed by atoms with Crippen LogP contribution in [0.1, 0.15) is 49.8 Å². The van der Waals surface area contributed by atoms with Crippen LogP contribution < -0.4 is 11.1 Å². The zero-order chi connectivity index (χ0) is 15.1. The highest BCUT2D eigenvalue weighted by atomic mass is 35.5. The van der Waals surface area contributed by atoms with Crippen LogP contribution in [0.3, 0.4) is 0 Å². The molecule has 0 spiro atoms. The van der Waals surface area contributed by atoms with Gasteiger partial charge in [0.25, 0.3) is 0 Å². The van der Waals surface area contributed by atoms with E-state index in [2.05, 4.69) is 15.5 Å². The van der Waals surface area contributed by atoms with Gasteiger partial charge in [0, 0.05) is 23.7 Å². The Morgan fingerprint density at radius 3 is 2.74 bits per heavy atom. The maximum atomic E-state index is 12.7. The Bertz CT molecular complexity index is 547. The Morgan fingerprint density at radius 2 is 2.00 bits per heavy atom. The molecule has 0 saturated heterocycles. The third-order valence-corrected chi connectivity index (χ3v) is 6.15. The third kappa shape index (κ3) is 3.26. The molecule has 1 heterocycles. The standard InChI is InChI=1S/C17H26N4O.ClH/c18-16-10-2-1-3-11(16)7-12(6-10)17(22)20-14-4-5-15-13(8-14)9-19-21-15;/h9-12,14,16H,1-8,18H2,(H,19,21)(H,20,22);1H. The van der Waals surface area contributed by atoms with Crippen LogP contribution in [0.25, 0.3) is 0 Å². The summed E-state index contributed by atoms with van der Waals surface area (Å²) in [5.74, 6) is 1.58. The predicted molar refractivity (Wildman–Crippen MR) is 91.3 cm³/mol. The van der Waals surface area contributed by atoms with Crippen LogP contribution in [0.2, 0.25) is 0 Å². The van der Waals surface area contributed by atoms with Crippen molar-refractivity contribution >= 4 is 18.3 Å². The minimum absolute atomic E-state index is 0. The molecule has 4 N–H and O–H groups in total. The van der Waals surface area contributed by atoms with Gasteiger partial charge in [0.2, 0.25) is 5.91 Å². The van der Waals surface area contributed by atoms with Gasteiger partial charge in [-0.05, 0) is 62.3 Å². The number of halogens is 1. The number of nitrogens with zero attached hydrogens (tertiary/aromatic N) is 1. The normalized spacial score (nSPS) is 35.8. The second-order valence-electron chi connectivity index (χ2n) is 7.52. The Labute approximate surface area is 143 Å². The average molecular weight is 339 g/mol. The summed E-state index contributed by atoms with van der Waals surface area (Å²) in [4.78, 5) is 12.7. The summed E-state index contributed by atoms with van der Waals surface area (Å²) >= 11 is 0. The summed E-state index contributed by atoms with van der Waals surface area (Å²) in [6.07, 6.45) is 10.5. The fraction of sp³-hybridized carbons (Fsp3) is 0.765. The van der Waals surface area contributed by atoms with Gasteiger partial charge in [0.15, 0.2) is 0 Å². The zero-order valence-electron chi connectivity index (χ0n) is 13.5. The first-order chi connectivity index (χ1) is 10.7. The number of fused-ring (bicyclic) bond motifs is 3. The lowest BCUT2D eigenvalue weighted by atomic mass is 9.65. The number of nitrogens with one attached hydrogen (secondary N) is 2. The highest BCUT2D eigenvalue weighted by molar-refractivity contribution is 5.85.